The van der Waals surface area contributed by atoms with Gasteiger partial charge in [-0.25, -0.2) is 4.80 Å². The minimum Gasteiger partial charge on any atom is -0.431 e. The second-order valence-corrected chi connectivity index (χ2v) is 9.94. The second-order valence-electron chi connectivity index (χ2n) is 4.52. The van der Waals surface area contributed by atoms with E-state index >= 15 is 0 Å². The third-order valence-corrected chi connectivity index (χ3v) is 8.11. The average Bonchev–Trinajstić information content (AvgIpc) is 2.40. The molecule has 0 bridgehead atoms. The van der Waals surface area contributed by atoms with E-state index in [4.69, 9.17) is 4.12 Å². The number of rotatable bonds is 4. The van der Waals surface area contributed by atoms with Gasteiger partial charge in [-0.3, -0.25) is 0 Å². The summed E-state index contributed by atoms with van der Waals surface area (Å²) < 4.78 is 5.93. The van der Waals surface area contributed by atoms with Crippen LogP contribution in [0.2, 0.25) is 13.1 Å². The summed E-state index contributed by atoms with van der Waals surface area (Å²) in [7, 11) is -4.64. The molecule has 0 aromatic heterocycles. The van der Waals surface area contributed by atoms with Crippen LogP contribution >= 0.6 is 0 Å². The summed E-state index contributed by atoms with van der Waals surface area (Å²) in [5, 5.41) is 1.61. The van der Waals surface area contributed by atoms with Gasteiger partial charge in [-0.15, -0.1) is 0 Å². The highest BCUT2D eigenvalue weighted by Crippen LogP contribution is 2.07. The molecular formula is C14H17O2Si2. The van der Waals surface area contributed by atoms with Crippen LogP contribution in [0.5, 0.6) is 0 Å². The van der Waals surface area contributed by atoms with Crippen LogP contribution in [0.4, 0.5) is 0 Å². The molecule has 0 saturated carbocycles. The van der Waals surface area contributed by atoms with Gasteiger partial charge in [0.2, 0.25) is 0 Å². The van der Waals surface area contributed by atoms with E-state index in [-0.39, 0.29) is 0 Å². The minimum atomic E-state index is -3.25. The normalized spacial score (nSPS) is 11.8. The van der Waals surface area contributed by atoms with Crippen LogP contribution in [-0.2, 0) is 8.91 Å². The average molecular weight is 273 g/mol. The Morgan fingerprint density at radius 1 is 0.833 bits per heavy atom. The zero-order chi connectivity index (χ0) is 13.0. The topological polar surface area (TPSA) is 29.1 Å². The maximum Gasteiger partial charge on any atom is 0.428 e. The Hall–Kier alpha value is -1.21. The Morgan fingerprint density at radius 2 is 1.22 bits per heavy atom. The van der Waals surface area contributed by atoms with E-state index in [0.29, 0.717) is 0 Å². The number of hydrogen-bond donors (Lipinski definition) is 0. The Morgan fingerprint density at radius 3 is 1.56 bits per heavy atom. The third kappa shape index (κ3) is 2.78. The van der Waals surface area contributed by atoms with E-state index in [9.17, 15) is 4.80 Å². The fourth-order valence-corrected chi connectivity index (χ4v) is 7.29. The first-order valence-corrected chi connectivity index (χ1v) is 10.7. The summed E-state index contributed by atoms with van der Waals surface area (Å²) in [5.74, 6) is 0. The Bertz CT molecular complexity index is 446. The van der Waals surface area contributed by atoms with Crippen LogP contribution in [-0.4, -0.2) is 17.6 Å². The Kier molecular flexibility index (Phi) is 4.13. The zero-order valence-electron chi connectivity index (χ0n) is 10.7. The monoisotopic (exact) mass is 273 g/mol. The molecule has 2 rings (SSSR count). The molecule has 0 spiro atoms. The third-order valence-electron chi connectivity index (χ3n) is 2.71. The van der Waals surface area contributed by atoms with Gasteiger partial charge in [-0.05, 0) is 23.5 Å². The molecule has 2 aromatic rings. The van der Waals surface area contributed by atoms with Crippen LogP contribution in [0.25, 0.3) is 0 Å². The molecule has 93 valence electrons. The van der Waals surface area contributed by atoms with Crippen molar-refractivity contribution in [3.63, 3.8) is 0 Å². The van der Waals surface area contributed by atoms with E-state index in [0.717, 1.165) is 10.4 Å². The van der Waals surface area contributed by atoms with Crippen molar-refractivity contribution >= 4 is 28.0 Å². The van der Waals surface area contributed by atoms with Crippen molar-refractivity contribution in [1.29, 1.82) is 0 Å². The van der Waals surface area contributed by atoms with Crippen molar-refractivity contribution in [2.24, 2.45) is 0 Å². The van der Waals surface area contributed by atoms with E-state index in [1.807, 2.05) is 73.8 Å². The van der Waals surface area contributed by atoms with Crippen molar-refractivity contribution in [1.82, 2.24) is 0 Å². The summed E-state index contributed by atoms with van der Waals surface area (Å²) in [5.41, 5.74) is 0. The van der Waals surface area contributed by atoms with Crippen molar-refractivity contribution in [3.05, 3.63) is 60.7 Å². The van der Waals surface area contributed by atoms with Gasteiger partial charge in [-0.1, -0.05) is 60.7 Å². The molecule has 0 N–H and O–H groups in total. The first-order valence-electron chi connectivity index (χ1n) is 6.12. The smallest absolute Gasteiger partial charge is 0.428 e. The lowest BCUT2D eigenvalue weighted by Crippen LogP contribution is -2.61. The molecule has 0 saturated heterocycles. The minimum absolute atomic E-state index is 0.803. The second kappa shape index (κ2) is 5.62. The lowest BCUT2D eigenvalue weighted by molar-refractivity contribution is 0.342. The predicted molar refractivity (Wildman–Crippen MR) is 78.6 cm³/mol. The molecule has 0 unspecified atom stereocenters. The van der Waals surface area contributed by atoms with Crippen LogP contribution in [0.3, 0.4) is 0 Å². The number of benzene rings is 2. The summed E-state index contributed by atoms with van der Waals surface area (Å²) in [4.78, 5) is 13.3. The quantitative estimate of drug-likeness (QED) is 0.779. The molecule has 0 heterocycles. The van der Waals surface area contributed by atoms with Gasteiger partial charge in [0.05, 0.1) is 0 Å². The molecule has 4 heteroatoms. The lowest BCUT2D eigenvalue weighted by atomic mass is 10.4. The highest BCUT2D eigenvalue weighted by atomic mass is 28.4. The summed E-state index contributed by atoms with van der Waals surface area (Å²) >= 11 is 0. The van der Waals surface area contributed by atoms with Gasteiger partial charge >= 0.3 is 8.56 Å². The molecule has 2 nitrogen and oxygen atoms in total. The molecule has 0 aliphatic rings. The van der Waals surface area contributed by atoms with E-state index < -0.39 is 17.6 Å². The maximum absolute atomic E-state index is 13.3. The van der Waals surface area contributed by atoms with E-state index in [1.165, 1.54) is 0 Å². The molecular weight excluding hydrogens is 256 g/mol. The van der Waals surface area contributed by atoms with Gasteiger partial charge in [0.25, 0.3) is 0 Å². The molecule has 18 heavy (non-hydrogen) atoms. The fraction of sp³-hybridized carbons (Fsp3) is 0.143. The van der Waals surface area contributed by atoms with E-state index in [2.05, 4.69) is 0 Å². The van der Waals surface area contributed by atoms with Gasteiger partial charge < -0.3 is 4.12 Å². The molecule has 0 fully saturated rings. The predicted octanol–water partition coefficient (Wildman–Crippen LogP) is 1.67. The molecule has 2 aromatic carbocycles. The van der Waals surface area contributed by atoms with Crippen molar-refractivity contribution in [2.45, 2.75) is 13.1 Å². The van der Waals surface area contributed by atoms with Crippen LogP contribution in [0.1, 0.15) is 0 Å². The Balaban J connectivity index is 2.48. The van der Waals surface area contributed by atoms with E-state index in [1.54, 1.807) is 0 Å². The van der Waals surface area contributed by atoms with Crippen molar-refractivity contribution < 1.29 is 8.91 Å². The first kappa shape index (κ1) is 13.2. The van der Waals surface area contributed by atoms with Gasteiger partial charge in [-0.2, -0.15) is 0 Å². The highest BCUT2D eigenvalue weighted by Gasteiger charge is 2.41. The first-order chi connectivity index (χ1) is 8.63. The number of hydrogen-bond acceptors (Lipinski definition) is 1. The molecule has 0 atom stereocenters. The molecule has 0 aliphatic carbocycles. The summed E-state index contributed by atoms with van der Waals surface area (Å²) in [6.07, 6.45) is 0. The molecule has 0 aliphatic heterocycles. The largest absolute Gasteiger partial charge is 0.431 e. The van der Waals surface area contributed by atoms with Crippen LogP contribution < -0.4 is 10.4 Å². The Labute approximate surface area is 111 Å². The van der Waals surface area contributed by atoms with Crippen LogP contribution in [0.15, 0.2) is 60.7 Å². The standard InChI is InChI=1S/C14H17O2Si2/c1-17(2)16-18(15,13-9-5-3-6-10-13)14-11-7-4-8-12-14/h3-12,17H,1-2H3. The summed E-state index contributed by atoms with van der Waals surface area (Å²) in [6.45, 7) is 4.09. The highest BCUT2D eigenvalue weighted by molar-refractivity contribution is 6.94. The van der Waals surface area contributed by atoms with Crippen LogP contribution in [0, 0.1) is 0 Å². The molecule has 1 radical (unpaired) electrons. The van der Waals surface area contributed by atoms with Crippen molar-refractivity contribution in [3.8, 4) is 0 Å². The lowest BCUT2D eigenvalue weighted by Gasteiger charge is -2.26. The fourth-order valence-electron chi connectivity index (χ4n) is 1.95. The van der Waals surface area contributed by atoms with Gasteiger partial charge in [0.1, 0.15) is 0 Å². The SMILES string of the molecule is C[SiH](C)O[Si]([O])(c1ccccc1)c1ccccc1. The zero-order valence-corrected chi connectivity index (χ0v) is 12.8. The van der Waals surface area contributed by atoms with Gasteiger partial charge in [0, 0.05) is 0 Å². The van der Waals surface area contributed by atoms with Crippen molar-refractivity contribution in [2.75, 3.05) is 0 Å². The molecule has 0 amide bonds. The maximum atomic E-state index is 13.3. The summed E-state index contributed by atoms with van der Waals surface area (Å²) in [6, 6.07) is 19.0. The van der Waals surface area contributed by atoms with Gasteiger partial charge in [0.15, 0.2) is 9.04 Å².